The summed E-state index contributed by atoms with van der Waals surface area (Å²) < 4.78 is 16.0. The second kappa shape index (κ2) is 9.92. The van der Waals surface area contributed by atoms with Crippen LogP contribution in [0.3, 0.4) is 0 Å². The van der Waals surface area contributed by atoms with Gasteiger partial charge >= 0.3 is 0 Å². The summed E-state index contributed by atoms with van der Waals surface area (Å²) in [5, 5.41) is 0. The molecule has 0 heterocycles. The molecule has 0 radical (unpaired) electrons. The Morgan fingerprint density at radius 1 is 1.04 bits per heavy atom. The predicted octanol–water partition coefficient (Wildman–Crippen LogP) is 4.11. The van der Waals surface area contributed by atoms with Gasteiger partial charge in [-0.05, 0) is 47.7 Å². The van der Waals surface area contributed by atoms with Crippen LogP contribution in [0.2, 0.25) is 0 Å². The molecular formula is C21H25NO4S. The fourth-order valence-corrected chi connectivity index (χ4v) is 2.98. The van der Waals surface area contributed by atoms with Gasteiger partial charge in [0.05, 0.1) is 21.3 Å². The van der Waals surface area contributed by atoms with E-state index in [0.29, 0.717) is 23.8 Å². The maximum atomic E-state index is 12.4. The number of rotatable bonds is 8. The number of ether oxygens (including phenoxy) is 3. The molecule has 0 aliphatic carbocycles. The molecule has 0 unspecified atom stereocenters. The zero-order chi connectivity index (χ0) is 19.8. The molecule has 0 aromatic heterocycles. The summed E-state index contributed by atoms with van der Waals surface area (Å²) in [6, 6.07) is 11.8. The summed E-state index contributed by atoms with van der Waals surface area (Å²) in [4.78, 5) is 15.3. The van der Waals surface area contributed by atoms with Crippen molar-refractivity contribution < 1.29 is 19.0 Å². The first-order chi connectivity index (χ1) is 13.0. The highest BCUT2D eigenvalue weighted by atomic mass is 32.2. The molecular weight excluding hydrogens is 362 g/mol. The maximum Gasteiger partial charge on any atom is 0.246 e. The number of benzene rings is 2. The van der Waals surface area contributed by atoms with E-state index in [2.05, 4.69) is 12.1 Å². The van der Waals surface area contributed by atoms with E-state index in [9.17, 15) is 4.79 Å². The quantitative estimate of drug-likeness (QED) is 0.504. The van der Waals surface area contributed by atoms with Gasteiger partial charge in [-0.2, -0.15) is 0 Å². The van der Waals surface area contributed by atoms with Gasteiger partial charge in [0.25, 0.3) is 0 Å². The van der Waals surface area contributed by atoms with Crippen LogP contribution in [0.5, 0.6) is 17.2 Å². The Kier molecular flexibility index (Phi) is 7.61. The van der Waals surface area contributed by atoms with Gasteiger partial charge in [0.15, 0.2) is 11.5 Å². The first-order valence-corrected chi connectivity index (χ1v) is 9.61. The maximum absolute atomic E-state index is 12.4. The van der Waals surface area contributed by atoms with Crippen LogP contribution in [-0.2, 0) is 11.3 Å². The lowest BCUT2D eigenvalue weighted by Crippen LogP contribution is -2.24. The minimum atomic E-state index is -0.0855. The Morgan fingerprint density at radius 2 is 1.63 bits per heavy atom. The van der Waals surface area contributed by atoms with Gasteiger partial charge in [-0.1, -0.05) is 12.1 Å². The molecule has 6 heteroatoms. The smallest absolute Gasteiger partial charge is 0.246 e. The first-order valence-electron chi connectivity index (χ1n) is 8.38. The highest BCUT2D eigenvalue weighted by Gasteiger charge is 2.12. The van der Waals surface area contributed by atoms with Gasteiger partial charge in [0.2, 0.25) is 11.7 Å². The highest BCUT2D eigenvalue weighted by Crippen LogP contribution is 2.38. The largest absolute Gasteiger partial charge is 0.493 e. The number of methoxy groups -OCH3 is 3. The number of nitrogens with zero attached hydrogens (tertiary/aromatic N) is 1. The van der Waals surface area contributed by atoms with Gasteiger partial charge in [-0.3, -0.25) is 4.79 Å². The van der Waals surface area contributed by atoms with Crippen molar-refractivity contribution in [2.45, 2.75) is 11.4 Å². The van der Waals surface area contributed by atoms with Crippen molar-refractivity contribution in [3.05, 3.63) is 53.6 Å². The molecule has 0 saturated carbocycles. The van der Waals surface area contributed by atoms with E-state index in [0.717, 1.165) is 11.1 Å². The summed E-state index contributed by atoms with van der Waals surface area (Å²) >= 11 is 1.70. The summed E-state index contributed by atoms with van der Waals surface area (Å²) in [6.45, 7) is 0.549. The van der Waals surface area contributed by atoms with Gasteiger partial charge in [-0.25, -0.2) is 0 Å². The van der Waals surface area contributed by atoms with Crippen LogP contribution in [0, 0.1) is 0 Å². The minimum absolute atomic E-state index is 0.0855. The SMILES string of the molecule is COc1cc(C=CC(=O)N(C)Cc2ccc(SC)cc2)cc(OC)c1OC. The number of likely N-dealkylation sites (N-methyl/N-ethyl adjacent to an activating group) is 1. The molecule has 0 bridgehead atoms. The summed E-state index contributed by atoms with van der Waals surface area (Å²) in [5.41, 5.74) is 1.88. The van der Waals surface area contributed by atoms with E-state index >= 15 is 0 Å². The molecule has 0 N–H and O–H groups in total. The van der Waals surface area contributed by atoms with Crippen molar-refractivity contribution in [3.63, 3.8) is 0 Å². The van der Waals surface area contributed by atoms with Crippen LogP contribution in [0.4, 0.5) is 0 Å². The lowest BCUT2D eigenvalue weighted by Gasteiger charge is -2.15. The second-order valence-electron chi connectivity index (χ2n) is 5.83. The van der Waals surface area contributed by atoms with Crippen LogP contribution in [0.15, 0.2) is 47.4 Å². The van der Waals surface area contributed by atoms with Crippen LogP contribution < -0.4 is 14.2 Å². The topological polar surface area (TPSA) is 48.0 Å². The fraction of sp³-hybridized carbons (Fsp3) is 0.286. The van der Waals surface area contributed by atoms with Crippen molar-refractivity contribution in [3.8, 4) is 17.2 Å². The summed E-state index contributed by atoms with van der Waals surface area (Å²) in [5.74, 6) is 1.53. The molecule has 1 amide bonds. The van der Waals surface area contributed by atoms with Crippen LogP contribution in [0.1, 0.15) is 11.1 Å². The molecule has 0 aliphatic heterocycles. The van der Waals surface area contributed by atoms with Crippen molar-refractivity contribution in [2.75, 3.05) is 34.6 Å². The van der Waals surface area contributed by atoms with E-state index in [1.54, 1.807) is 63.2 Å². The Hall–Kier alpha value is -2.60. The number of carbonyl (C=O) groups is 1. The third-order valence-corrected chi connectivity index (χ3v) is 4.80. The predicted molar refractivity (Wildman–Crippen MR) is 110 cm³/mol. The second-order valence-corrected chi connectivity index (χ2v) is 6.71. The molecule has 0 spiro atoms. The third-order valence-electron chi connectivity index (χ3n) is 4.06. The average Bonchev–Trinajstić information content (AvgIpc) is 2.71. The summed E-state index contributed by atoms with van der Waals surface area (Å²) in [6.07, 6.45) is 5.32. The lowest BCUT2D eigenvalue weighted by molar-refractivity contribution is -0.125. The van der Waals surface area contributed by atoms with Crippen LogP contribution >= 0.6 is 11.8 Å². The normalized spacial score (nSPS) is 10.7. The van der Waals surface area contributed by atoms with Gasteiger partial charge in [0, 0.05) is 24.6 Å². The van der Waals surface area contributed by atoms with E-state index in [4.69, 9.17) is 14.2 Å². The van der Waals surface area contributed by atoms with E-state index in [-0.39, 0.29) is 5.91 Å². The molecule has 2 rings (SSSR count). The minimum Gasteiger partial charge on any atom is -0.493 e. The molecule has 0 fully saturated rings. The average molecular weight is 388 g/mol. The molecule has 0 saturated heterocycles. The van der Waals surface area contributed by atoms with Crippen molar-refractivity contribution in [1.29, 1.82) is 0 Å². The van der Waals surface area contributed by atoms with Crippen molar-refractivity contribution in [1.82, 2.24) is 4.90 Å². The van der Waals surface area contributed by atoms with Gasteiger partial charge in [-0.15, -0.1) is 11.8 Å². The third kappa shape index (κ3) is 5.44. The van der Waals surface area contributed by atoms with Crippen molar-refractivity contribution >= 4 is 23.7 Å². The first kappa shape index (κ1) is 20.7. The van der Waals surface area contributed by atoms with E-state index in [1.165, 1.54) is 11.0 Å². The van der Waals surface area contributed by atoms with E-state index in [1.807, 2.05) is 18.4 Å². The number of hydrogen-bond acceptors (Lipinski definition) is 5. The molecule has 0 aliphatic rings. The molecule has 2 aromatic carbocycles. The number of amides is 1. The highest BCUT2D eigenvalue weighted by molar-refractivity contribution is 7.98. The lowest BCUT2D eigenvalue weighted by atomic mass is 10.1. The Morgan fingerprint density at radius 3 is 2.11 bits per heavy atom. The standard InChI is InChI=1S/C21H25NO4S/c1-22(14-15-6-9-17(27-5)10-7-15)20(23)11-8-16-12-18(24-2)21(26-4)19(13-16)25-3/h6-13H,14H2,1-5H3. The van der Waals surface area contributed by atoms with Gasteiger partial charge in [0.1, 0.15) is 0 Å². The Bertz CT molecular complexity index is 777. The Labute approximate surface area is 164 Å². The van der Waals surface area contributed by atoms with Crippen molar-refractivity contribution in [2.24, 2.45) is 0 Å². The number of hydrogen-bond donors (Lipinski definition) is 0. The molecule has 27 heavy (non-hydrogen) atoms. The fourth-order valence-electron chi connectivity index (χ4n) is 2.58. The van der Waals surface area contributed by atoms with Crippen LogP contribution in [0.25, 0.3) is 6.08 Å². The van der Waals surface area contributed by atoms with Gasteiger partial charge < -0.3 is 19.1 Å². The zero-order valence-corrected chi connectivity index (χ0v) is 17.1. The van der Waals surface area contributed by atoms with E-state index < -0.39 is 0 Å². The molecule has 0 atom stereocenters. The number of thioether (sulfide) groups is 1. The zero-order valence-electron chi connectivity index (χ0n) is 16.3. The molecule has 2 aromatic rings. The van der Waals surface area contributed by atoms with Crippen LogP contribution in [-0.4, -0.2) is 45.4 Å². The summed E-state index contributed by atoms with van der Waals surface area (Å²) in [7, 11) is 6.46. The molecule has 144 valence electrons. The molecule has 5 nitrogen and oxygen atoms in total. The number of carbonyl (C=O) groups excluding carboxylic acids is 1. The monoisotopic (exact) mass is 387 g/mol. The Balaban J connectivity index is 2.10.